The lowest BCUT2D eigenvalue weighted by molar-refractivity contribution is 0.0702. The monoisotopic (exact) mass is 311 g/mol. The highest BCUT2D eigenvalue weighted by atomic mass is 32.1. The van der Waals surface area contributed by atoms with E-state index in [4.69, 9.17) is 0 Å². The van der Waals surface area contributed by atoms with E-state index in [1.165, 1.54) is 10.9 Å². The van der Waals surface area contributed by atoms with Crippen LogP contribution in [0.5, 0.6) is 0 Å². The third-order valence-electron chi connectivity index (χ3n) is 3.51. The summed E-state index contributed by atoms with van der Waals surface area (Å²) in [6.07, 6.45) is 1.51. The van der Waals surface area contributed by atoms with Crippen LogP contribution in [0, 0.1) is 0 Å². The van der Waals surface area contributed by atoms with E-state index in [1.807, 2.05) is 24.3 Å². The third-order valence-corrected chi connectivity index (χ3v) is 4.40. The molecule has 7 heteroatoms. The Morgan fingerprint density at radius 3 is 2.86 bits per heavy atom. The molecular weight excluding hydrogens is 302 g/mol. The van der Waals surface area contributed by atoms with Crippen molar-refractivity contribution in [1.29, 1.82) is 0 Å². The number of carboxylic acids is 1. The normalized spacial score (nSPS) is 11.3. The fourth-order valence-corrected chi connectivity index (χ4v) is 3.23. The Hall–Kier alpha value is -2.93. The Balaban J connectivity index is 2.10. The Kier molecular flexibility index (Phi) is 2.64. The van der Waals surface area contributed by atoms with Crippen LogP contribution in [0.2, 0.25) is 0 Å². The second kappa shape index (κ2) is 4.54. The van der Waals surface area contributed by atoms with E-state index in [9.17, 15) is 14.7 Å². The van der Waals surface area contributed by atoms with Gasteiger partial charge in [-0.1, -0.05) is 18.2 Å². The van der Waals surface area contributed by atoms with Crippen LogP contribution in [0.1, 0.15) is 9.67 Å². The van der Waals surface area contributed by atoms with Crippen LogP contribution < -0.4 is 5.56 Å². The number of nitrogens with one attached hydrogen (secondary N) is 1. The maximum atomic E-state index is 12.5. The molecule has 0 atom stereocenters. The first kappa shape index (κ1) is 12.8. The van der Waals surface area contributed by atoms with Gasteiger partial charge in [-0.25, -0.2) is 9.48 Å². The van der Waals surface area contributed by atoms with Crippen molar-refractivity contribution in [1.82, 2.24) is 14.8 Å². The number of carbonyl (C=O) groups is 1. The van der Waals surface area contributed by atoms with Gasteiger partial charge >= 0.3 is 5.97 Å². The van der Waals surface area contributed by atoms with Crippen molar-refractivity contribution in [2.24, 2.45) is 0 Å². The molecule has 2 N–H and O–H groups in total. The highest BCUT2D eigenvalue weighted by molar-refractivity contribution is 7.12. The van der Waals surface area contributed by atoms with Crippen molar-refractivity contribution in [2.75, 3.05) is 0 Å². The summed E-state index contributed by atoms with van der Waals surface area (Å²) in [7, 11) is 0. The van der Waals surface area contributed by atoms with Gasteiger partial charge in [0.1, 0.15) is 4.88 Å². The lowest BCUT2D eigenvalue weighted by Crippen LogP contribution is -2.16. The standard InChI is InChI=1S/C15H9N3O3S/c19-14-9-7-16-10-4-2-1-3-8(10)12(9)17-18(14)11-5-6-22-13(11)15(20)21/h1-7,17H,(H,20,21). The minimum absolute atomic E-state index is 0.117. The van der Waals surface area contributed by atoms with Crippen LogP contribution >= 0.6 is 11.3 Å². The number of hydrogen-bond acceptors (Lipinski definition) is 4. The highest BCUT2D eigenvalue weighted by Gasteiger charge is 2.18. The quantitative estimate of drug-likeness (QED) is 0.595. The number of nitrogens with zero attached hydrogens (tertiary/aromatic N) is 2. The first-order valence-electron chi connectivity index (χ1n) is 6.46. The molecule has 108 valence electrons. The molecule has 0 bridgehead atoms. The molecular formula is C15H9N3O3S. The number of carboxylic acid groups (broad SMARTS) is 1. The van der Waals surface area contributed by atoms with Gasteiger partial charge in [0, 0.05) is 11.6 Å². The van der Waals surface area contributed by atoms with Gasteiger partial charge in [0.2, 0.25) is 0 Å². The van der Waals surface area contributed by atoms with Crippen molar-refractivity contribution >= 4 is 39.1 Å². The first-order valence-corrected chi connectivity index (χ1v) is 7.34. The molecule has 6 nitrogen and oxygen atoms in total. The van der Waals surface area contributed by atoms with Crippen molar-refractivity contribution in [3.05, 3.63) is 57.1 Å². The predicted octanol–water partition coefficient (Wildman–Crippen LogP) is 2.63. The molecule has 0 saturated carbocycles. The summed E-state index contributed by atoms with van der Waals surface area (Å²) in [6, 6.07) is 9.08. The van der Waals surface area contributed by atoms with Gasteiger partial charge in [0.25, 0.3) is 5.56 Å². The molecule has 0 aliphatic carbocycles. The fourth-order valence-electron chi connectivity index (χ4n) is 2.52. The summed E-state index contributed by atoms with van der Waals surface area (Å²) in [6.45, 7) is 0. The summed E-state index contributed by atoms with van der Waals surface area (Å²) in [4.78, 5) is 28.2. The van der Waals surface area contributed by atoms with E-state index in [0.29, 0.717) is 16.6 Å². The molecule has 0 aliphatic rings. The summed E-state index contributed by atoms with van der Waals surface area (Å²) in [5.41, 5.74) is 1.45. The Morgan fingerprint density at radius 1 is 1.23 bits per heavy atom. The molecule has 4 aromatic rings. The lowest BCUT2D eigenvalue weighted by Gasteiger charge is -2.00. The number of fused-ring (bicyclic) bond motifs is 3. The average Bonchev–Trinajstić information content (AvgIpc) is 3.12. The first-order chi connectivity index (χ1) is 10.7. The number of aromatic carboxylic acids is 1. The zero-order valence-corrected chi connectivity index (χ0v) is 11.9. The van der Waals surface area contributed by atoms with Crippen LogP contribution in [0.4, 0.5) is 0 Å². The van der Waals surface area contributed by atoms with E-state index in [2.05, 4.69) is 10.1 Å². The highest BCUT2D eigenvalue weighted by Crippen LogP contribution is 2.23. The van der Waals surface area contributed by atoms with Crippen molar-refractivity contribution in [3.8, 4) is 5.69 Å². The van der Waals surface area contributed by atoms with E-state index in [0.717, 1.165) is 22.2 Å². The Morgan fingerprint density at radius 2 is 2.05 bits per heavy atom. The van der Waals surface area contributed by atoms with Crippen LogP contribution in [-0.4, -0.2) is 25.8 Å². The van der Waals surface area contributed by atoms with Crippen LogP contribution in [0.3, 0.4) is 0 Å². The van der Waals surface area contributed by atoms with Gasteiger partial charge in [-0.3, -0.25) is 14.9 Å². The number of aromatic nitrogens is 3. The van der Waals surface area contributed by atoms with E-state index in [-0.39, 0.29) is 10.4 Å². The zero-order chi connectivity index (χ0) is 15.3. The van der Waals surface area contributed by atoms with Gasteiger partial charge in [0.05, 0.1) is 22.1 Å². The Bertz CT molecular complexity index is 1090. The van der Waals surface area contributed by atoms with Crippen LogP contribution in [0.25, 0.3) is 27.5 Å². The van der Waals surface area contributed by atoms with Crippen molar-refractivity contribution < 1.29 is 9.90 Å². The summed E-state index contributed by atoms with van der Waals surface area (Å²) in [5, 5.41) is 15.1. The molecule has 22 heavy (non-hydrogen) atoms. The number of benzene rings is 1. The van der Waals surface area contributed by atoms with Crippen LogP contribution in [0.15, 0.2) is 46.7 Å². The van der Waals surface area contributed by atoms with Gasteiger partial charge in [-0.05, 0) is 17.5 Å². The topological polar surface area (TPSA) is 88.0 Å². The minimum Gasteiger partial charge on any atom is -0.477 e. The number of hydrogen-bond donors (Lipinski definition) is 2. The van der Waals surface area contributed by atoms with Crippen molar-refractivity contribution in [2.45, 2.75) is 0 Å². The largest absolute Gasteiger partial charge is 0.477 e. The van der Waals surface area contributed by atoms with E-state index >= 15 is 0 Å². The molecule has 0 amide bonds. The van der Waals surface area contributed by atoms with Gasteiger partial charge in [-0.2, -0.15) is 0 Å². The van der Waals surface area contributed by atoms with E-state index in [1.54, 1.807) is 11.4 Å². The number of rotatable bonds is 2. The van der Waals surface area contributed by atoms with Gasteiger partial charge in [-0.15, -0.1) is 11.3 Å². The second-order valence-corrected chi connectivity index (χ2v) is 5.67. The lowest BCUT2D eigenvalue weighted by atomic mass is 10.2. The summed E-state index contributed by atoms with van der Waals surface area (Å²) in [5.74, 6) is -1.06. The number of H-pyrrole nitrogens is 1. The molecule has 0 spiro atoms. The smallest absolute Gasteiger partial charge is 0.348 e. The molecule has 0 unspecified atom stereocenters. The summed E-state index contributed by atoms with van der Waals surface area (Å²) >= 11 is 1.08. The number of thiophene rings is 1. The molecule has 0 radical (unpaired) electrons. The molecule has 4 rings (SSSR count). The number of aromatic amines is 1. The molecule has 0 saturated heterocycles. The SMILES string of the molecule is O=C(O)c1sccc1-n1[nH]c2c(cnc3ccccc32)c1=O. The number of para-hydroxylation sites is 1. The maximum Gasteiger partial charge on any atom is 0.348 e. The Labute approximate surface area is 127 Å². The molecule has 3 heterocycles. The summed E-state index contributed by atoms with van der Waals surface area (Å²) < 4.78 is 1.26. The van der Waals surface area contributed by atoms with Crippen molar-refractivity contribution in [3.63, 3.8) is 0 Å². The van der Waals surface area contributed by atoms with E-state index < -0.39 is 5.97 Å². The number of pyridine rings is 1. The molecule has 1 aromatic carbocycles. The second-order valence-electron chi connectivity index (χ2n) is 4.76. The maximum absolute atomic E-state index is 12.5. The predicted molar refractivity (Wildman–Crippen MR) is 84.0 cm³/mol. The molecule has 0 fully saturated rings. The minimum atomic E-state index is -1.06. The average molecular weight is 311 g/mol. The third kappa shape index (κ3) is 1.69. The van der Waals surface area contributed by atoms with Crippen LogP contribution in [-0.2, 0) is 0 Å². The molecule has 3 aromatic heterocycles. The zero-order valence-electron chi connectivity index (χ0n) is 11.1. The molecule has 0 aliphatic heterocycles. The van der Waals surface area contributed by atoms with Gasteiger partial charge < -0.3 is 5.11 Å². The van der Waals surface area contributed by atoms with Gasteiger partial charge in [0.15, 0.2) is 0 Å². The fraction of sp³-hybridized carbons (Fsp3) is 0.